The Morgan fingerprint density at radius 3 is 2.56 bits per heavy atom. The van der Waals surface area contributed by atoms with E-state index in [-0.39, 0.29) is 5.60 Å². The van der Waals surface area contributed by atoms with Gasteiger partial charge < -0.3 is 4.74 Å². The molecule has 0 fully saturated rings. The highest BCUT2D eigenvalue weighted by molar-refractivity contribution is 9.10. The molecular formula is C15H22Br2O. The van der Waals surface area contributed by atoms with Gasteiger partial charge in [-0.05, 0) is 30.9 Å². The van der Waals surface area contributed by atoms with Gasteiger partial charge in [0.05, 0.1) is 6.61 Å². The third kappa shape index (κ3) is 4.36. The maximum atomic E-state index is 6.18. The van der Waals surface area contributed by atoms with Crippen molar-refractivity contribution < 1.29 is 4.74 Å². The van der Waals surface area contributed by atoms with Crippen LogP contribution in [-0.2, 0) is 10.3 Å². The first-order valence-electron chi connectivity index (χ1n) is 6.48. The summed E-state index contributed by atoms with van der Waals surface area (Å²) in [6.45, 7) is 7.41. The van der Waals surface area contributed by atoms with E-state index in [0.717, 1.165) is 16.4 Å². The van der Waals surface area contributed by atoms with Gasteiger partial charge in [-0.2, -0.15) is 0 Å². The highest BCUT2D eigenvalue weighted by atomic mass is 79.9. The van der Waals surface area contributed by atoms with Crippen LogP contribution in [0.3, 0.4) is 0 Å². The molecule has 0 amide bonds. The summed E-state index contributed by atoms with van der Waals surface area (Å²) in [5, 5.41) is 0.793. The van der Waals surface area contributed by atoms with Gasteiger partial charge in [-0.25, -0.2) is 0 Å². The summed E-state index contributed by atoms with van der Waals surface area (Å²) < 4.78 is 7.29. The van der Waals surface area contributed by atoms with E-state index in [4.69, 9.17) is 4.74 Å². The predicted molar refractivity (Wildman–Crippen MR) is 85.3 cm³/mol. The highest BCUT2D eigenvalue weighted by Crippen LogP contribution is 2.33. The fourth-order valence-corrected chi connectivity index (χ4v) is 3.15. The maximum absolute atomic E-state index is 6.18. The number of hydrogen-bond acceptors (Lipinski definition) is 1. The Morgan fingerprint density at radius 2 is 2.00 bits per heavy atom. The molecule has 1 aromatic carbocycles. The predicted octanol–water partition coefficient (Wildman–Crippen LogP) is 5.51. The van der Waals surface area contributed by atoms with Gasteiger partial charge in [0.2, 0.25) is 0 Å². The molecule has 18 heavy (non-hydrogen) atoms. The summed E-state index contributed by atoms with van der Waals surface area (Å²) in [5.41, 5.74) is 0.924. The first-order valence-corrected chi connectivity index (χ1v) is 8.40. The van der Waals surface area contributed by atoms with Crippen LogP contribution in [0.2, 0.25) is 0 Å². The van der Waals surface area contributed by atoms with Crippen LogP contribution in [0.25, 0.3) is 0 Å². The molecule has 0 aromatic heterocycles. The Balaban J connectivity index is 2.77. The van der Waals surface area contributed by atoms with E-state index in [1.165, 1.54) is 18.4 Å². The van der Waals surface area contributed by atoms with Crippen LogP contribution < -0.4 is 0 Å². The molecule has 0 spiro atoms. The average Bonchev–Trinajstić information content (AvgIpc) is 2.37. The van der Waals surface area contributed by atoms with E-state index in [1.54, 1.807) is 0 Å². The molecule has 0 bridgehead atoms. The fourth-order valence-electron chi connectivity index (χ4n) is 1.98. The first-order chi connectivity index (χ1) is 8.53. The van der Waals surface area contributed by atoms with E-state index in [2.05, 4.69) is 70.8 Å². The second-order valence-electron chi connectivity index (χ2n) is 5.05. The van der Waals surface area contributed by atoms with E-state index < -0.39 is 0 Å². The molecule has 1 nitrogen and oxygen atoms in total. The van der Waals surface area contributed by atoms with Crippen molar-refractivity contribution in [3.63, 3.8) is 0 Å². The quantitative estimate of drug-likeness (QED) is 0.569. The zero-order valence-electron chi connectivity index (χ0n) is 11.4. The second-order valence-corrected chi connectivity index (χ2v) is 6.46. The summed E-state index contributed by atoms with van der Waals surface area (Å²) in [5.74, 6) is 0.607. The molecule has 0 aliphatic heterocycles. The standard InChI is InChI=1S/C15H22Br2O/c1-4-7-12(2)10-18-15(3,11-16)13-8-5-6-9-14(13)17/h5-6,8-9,12H,4,7,10-11H2,1-3H3. The topological polar surface area (TPSA) is 9.23 Å². The molecule has 0 aliphatic carbocycles. The highest BCUT2D eigenvalue weighted by Gasteiger charge is 2.28. The maximum Gasteiger partial charge on any atom is 0.101 e. The molecule has 0 heterocycles. The molecule has 0 aliphatic rings. The number of hydrogen-bond donors (Lipinski definition) is 0. The number of benzene rings is 1. The van der Waals surface area contributed by atoms with Gasteiger partial charge >= 0.3 is 0 Å². The van der Waals surface area contributed by atoms with Crippen molar-refractivity contribution in [2.24, 2.45) is 5.92 Å². The lowest BCUT2D eigenvalue weighted by Crippen LogP contribution is -2.30. The van der Waals surface area contributed by atoms with Crippen molar-refractivity contribution >= 4 is 31.9 Å². The normalized spacial score (nSPS) is 16.3. The van der Waals surface area contributed by atoms with E-state index >= 15 is 0 Å². The minimum Gasteiger partial charge on any atom is -0.369 e. The molecule has 102 valence electrons. The van der Waals surface area contributed by atoms with Crippen LogP contribution in [0.1, 0.15) is 39.2 Å². The number of ether oxygens (including phenoxy) is 1. The van der Waals surface area contributed by atoms with Crippen LogP contribution in [-0.4, -0.2) is 11.9 Å². The molecule has 1 aromatic rings. The van der Waals surface area contributed by atoms with E-state index in [9.17, 15) is 0 Å². The monoisotopic (exact) mass is 376 g/mol. The van der Waals surface area contributed by atoms with Crippen LogP contribution in [0.15, 0.2) is 28.7 Å². The average molecular weight is 378 g/mol. The molecule has 1 rings (SSSR count). The lowest BCUT2D eigenvalue weighted by molar-refractivity contribution is -0.0342. The SMILES string of the molecule is CCCC(C)COC(C)(CBr)c1ccccc1Br. The zero-order chi connectivity index (χ0) is 13.6. The number of rotatable bonds is 7. The summed E-state index contributed by atoms with van der Waals surface area (Å²) in [6.07, 6.45) is 2.43. The summed E-state index contributed by atoms with van der Waals surface area (Å²) in [6, 6.07) is 8.27. The third-order valence-corrected chi connectivity index (χ3v) is 4.93. The van der Waals surface area contributed by atoms with Crippen molar-refractivity contribution in [2.75, 3.05) is 11.9 Å². The Hall–Kier alpha value is 0.140. The molecule has 0 saturated heterocycles. The summed E-state index contributed by atoms with van der Waals surface area (Å²) >= 11 is 7.20. The van der Waals surface area contributed by atoms with Crippen LogP contribution in [0.4, 0.5) is 0 Å². The number of alkyl halides is 1. The van der Waals surface area contributed by atoms with Crippen molar-refractivity contribution in [2.45, 2.75) is 39.2 Å². The van der Waals surface area contributed by atoms with E-state index in [0.29, 0.717) is 5.92 Å². The Kier molecular flexibility index (Phi) is 6.89. The van der Waals surface area contributed by atoms with Crippen LogP contribution in [0.5, 0.6) is 0 Å². The van der Waals surface area contributed by atoms with Crippen LogP contribution >= 0.6 is 31.9 Å². The van der Waals surface area contributed by atoms with Gasteiger partial charge in [-0.3, -0.25) is 0 Å². The minimum absolute atomic E-state index is 0.276. The number of halogens is 2. The van der Waals surface area contributed by atoms with E-state index in [1.807, 2.05) is 6.07 Å². The molecule has 2 unspecified atom stereocenters. The third-order valence-electron chi connectivity index (χ3n) is 3.17. The van der Waals surface area contributed by atoms with Crippen molar-refractivity contribution in [3.05, 3.63) is 34.3 Å². The molecule has 3 heteroatoms. The summed E-state index contributed by atoms with van der Waals surface area (Å²) in [4.78, 5) is 0. The molecule has 0 N–H and O–H groups in total. The molecule has 0 radical (unpaired) electrons. The first kappa shape index (κ1) is 16.2. The molecular weight excluding hydrogens is 356 g/mol. The molecule has 0 saturated carbocycles. The van der Waals surface area contributed by atoms with Crippen molar-refractivity contribution in [3.8, 4) is 0 Å². The van der Waals surface area contributed by atoms with Gasteiger partial charge in [0.15, 0.2) is 0 Å². The van der Waals surface area contributed by atoms with Crippen molar-refractivity contribution in [1.29, 1.82) is 0 Å². The second kappa shape index (κ2) is 7.66. The summed E-state index contributed by atoms with van der Waals surface area (Å²) in [7, 11) is 0. The van der Waals surface area contributed by atoms with Gasteiger partial charge in [-0.1, -0.05) is 70.3 Å². The fraction of sp³-hybridized carbons (Fsp3) is 0.600. The van der Waals surface area contributed by atoms with Crippen molar-refractivity contribution in [1.82, 2.24) is 0 Å². The lowest BCUT2D eigenvalue weighted by atomic mass is 9.97. The molecule has 2 atom stereocenters. The Labute approximate surface area is 128 Å². The van der Waals surface area contributed by atoms with Crippen LogP contribution in [0, 0.1) is 5.92 Å². The van der Waals surface area contributed by atoms with Gasteiger partial charge in [0, 0.05) is 9.80 Å². The largest absolute Gasteiger partial charge is 0.369 e. The van der Waals surface area contributed by atoms with Gasteiger partial charge in [0.25, 0.3) is 0 Å². The Morgan fingerprint density at radius 1 is 1.33 bits per heavy atom. The minimum atomic E-state index is -0.276. The van der Waals surface area contributed by atoms with Gasteiger partial charge in [-0.15, -0.1) is 0 Å². The smallest absolute Gasteiger partial charge is 0.101 e. The Bertz CT molecular complexity index is 367. The van der Waals surface area contributed by atoms with Gasteiger partial charge in [0.1, 0.15) is 5.60 Å². The lowest BCUT2D eigenvalue weighted by Gasteiger charge is -2.31. The zero-order valence-corrected chi connectivity index (χ0v) is 14.6.